The van der Waals surface area contributed by atoms with Gasteiger partial charge in [0.15, 0.2) is 0 Å². The molecule has 1 unspecified atom stereocenters. The summed E-state index contributed by atoms with van der Waals surface area (Å²) < 4.78 is 0. The summed E-state index contributed by atoms with van der Waals surface area (Å²) in [4.78, 5) is 39.4. The zero-order valence-electron chi connectivity index (χ0n) is 16.6. The largest absolute Gasteiger partial charge is 0.507 e. The van der Waals surface area contributed by atoms with Crippen LogP contribution < -0.4 is 4.90 Å². The standard InChI is InChI=1S/C24H18N4O3/c1-14-9-11-15(12-10-14)21(29)19-20(18-8-4-5-13-25-18)28(23(31)22(19)30)24-26-16-6-2-3-7-17(16)27-24/h2-13,20,29H,1H3,(H,26,27)/b21-19+. The second kappa shape index (κ2) is 7.21. The number of aliphatic hydroxyl groups is 1. The van der Waals surface area contributed by atoms with Crippen molar-refractivity contribution in [3.8, 4) is 0 Å². The minimum atomic E-state index is -0.914. The lowest BCUT2D eigenvalue weighted by Crippen LogP contribution is -2.30. The Hall–Kier alpha value is -4.26. The van der Waals surface area contributed by atoms with Gasteiger partial charge in [-0.05, 0) is 31.2 Å². The number of aromatic nitrogens is 3. The molecule has 7 heteroatoms. The Labute approximate surface area is 177 Å². The number of pyridine rings is 1. The molecule has 152 valence electrons. The van der Waals surface area contributed by atoms with E-state index in [1.54, 1.807) is 36.5 Å². The summed E-state index contributed by atoms with van der Waals surface area (Å²) >= 11 is 0. The molecule has 2 N–H and O–H groups in total. The number of ketones is 1. The van der Waals surface area contributed by atoms with Crippen molar-refractivity contribution in [2.45, 2.75) is 13.0 Å². The van der Waals surface area contributed by atoms with Crippen LogP contribution in [0.15, 0.2) is 78.5 Å². The van der Waals surface area contributed by atoms with Gasteiger partial charge in [0.05, 0.1) is 22.3 Å². The number of anilines is 1. The third kappa shape index (κ3) is 3.07. The van der Waals surface area contributed by atoms with Crippen molar-refractivity contribution in [1.82, 2.24) is 15.0 Å². The third-order valence-electron chi connectivity index (χ3n) is 5.34. The smallest absolute Gasteiger partial charge is 0.302 e. The number of carbonyl (C=O) groups is 2. The van der Waals surface area contributed by atoms with Crippen molar-refractivity contribution < 1.29 is 14.7 Å². The third-order valence-corrected chi connectivity index (χ3v) is 5.34. The number of fused-ring (bicyclic) bond motifs is 1. The Kier molecular flexibility index (Phi) is 4.36. The first-order valence-corrected chi connectivity index (χ1v) is 9.78. The number of nitrogens with one attached hydrogen (secondary N) is 1. The molecular weight excluding hydrogens is 392 g/mol. The number of carbonyl (C=O) groups excluding carboxylic acids is 2. The highest BCUT2D eigenvalue weighted by molar-refractivity contribution is 6.51. The highest BCUT2D eigenvalue weighted by Gasteiger charge is 2.48. The molecule has 3 heterocycles. The number of Topliss-reactive ketones (excluding diaryl/α,β-unsaturated/α-hetero) is 1. The molecule has 0 aliphatic carbocycles. The van der Waals surface area contributed by atoms with Crippen LogP contribution in [-0.2, 0) is 9.59 Å². The summed E-state index contributed by atoms with van der Waals surface area (Å²) in [5, 5.41) is 11.1. The van der Waals surface area contributed by atoms with Gasteiger partial charge in [0.25, 0.3) is 5.78 Å². The fourth-order valence-electron chi connectivity index (χ4n) is 3.79. The van der Waals surface area contributed by atoms with Gasteiger partial charge in [0.2, 0.25) is 5.95 Å². The molecule has 0 bridgehead atoms. The summed E-state index contributed by atoms with van der Waals surface area (Å²) in [6.45, 7) is 1.93. The lowest BCUT2D eigenvalue weighted by atomic mass is 9.98. The number of hydrogen-bond acceptors (Lipinski definition) is 5. The van der Waals surface area contributed by atoms with Crippen molar-refractivity contribution in [2.24, 2.45) is 0 Å². The molecule has 31 heavy (non-hydrogen) atoms. The Morgan fingerprint density at radius 3 is 2.45 bits per heavy atom. The molecule has 1 atom stereocenters. The van der Waals surface area contributed by atoms with Gasteiger partial charge in [-0.3, -0.25) is 19.5 Å². The topological polar surface area (TPSA) is 99.2 Å². The van der Waals surface area contributed by atoms with Crippen LogP contribution in [-0.4, -0.2) is 31.7 Å². The second-order valence-electron chi connectivity index (χ2n) is 7.37. The summed E-state index contributed by atoms with van der Waals surface area (Å²) in [7, 11) is 0. The number of amides is 1. The number of para-hydroxylation sites is 2. The SMILES string of the molecule is Cc1ccc(/C(O)=C2\C(=O)C(=O)N(c3nc4ccccc4[nH]3)C2c2ccccn2)cc1. The Balaban J connectivity index is 1.73. The van der Waals surface area contributed by atoms with E-state index >= 15 is 0 Å². The summed E-state index contributed by atoms with van der Waals surface area (Å²) in [6.07, 6.45) is 1.58. The summed E-state index contributed by atoms with van der Waals surface area (Å²) in [6, 6.07) is 18.8. The highest BCUT2D eigenvalue weighted by Crippen LogP contribution is 2.40. The number of aromatic amines is 1. The van der Waals surface area contributed by atoms with Gasteiger partial charge >= 0.3 is 5.91 Å². The average Bonchev–Trinajstić information content (AvgIpc) is 3.33. The average molecular weight is 410 g/mol. The molecule has 0 saturated carbocycles. The van der Waals surface area contributed by atoms with E-state index in [9.17, 15) is 14.7 Å². The van der Waals surface area contributed by atoms with Crippen molar-refractivity contribution in [2.75, 3.05) is 4.90 Å². The zero-order chi connectivity index (χ0) is 21.5. The highest BCUT2D eigenvalue weighted by atomic mass is 16.3. The van der Waals surface area contributed by atoms with E-state index in [0.717, 1.165) is 11.1 Å². The van der Waals surface area contributed by atoms with Crippen LogP contribution in [0.5, 0.6) is 0 Å². The number of nitrogens with zero attached hydrogens (tertiary/aromatic N) is 3. The van der Waals surface area contributed by atoms with Crippen LogP contribution in [0.2, 0.25) is 0 Å². The lowest BCUT2D eigenvalue weighted by molar-refractivity contribution is -0.132. The van der Waals surface area contributed by atoms with Gasteiger partial charge in [0.1, 0.15) is 11.8 Å². The van der Waals surface area contributed by atoms with E-state index in [1.807, 2.05) is 43.3 Å². The van der Waals surface area contributed by atoms with E-state index in [1.165, 1.54) is 4.90 Å². The molecule has 1 fully saturated rings. The summed E-state index contributed by atoms with van der Waals surface area (Å²) in [5.41, 5.74) is 3.30. The molecule has 1 amide bonds. The molecule has 0 radical (unpaired) electrons. The van der Waals surface area contributed by atoms with Crippen LogP contribution in [0.4, 0.5) is 5.95 Å². The molecule has 1 aliphatic heterocycles. The van der Waals surface area contributed by atoms with E-state index in [0.29, 0.717) is 16.8 Å². The minimum Gasteiger partial charge on any atom is -0.507 e. The molecule has 2 aromatic heterocycles. The van der Waals surface area contributed by atoms with Gasteiger partial charge in [0, 0.05) is 11.8 Å². The van der Waals surface area contributed by atoms with Crippen LogP contribution in [0.3, 0.4) is 0 Å². The molecule has 5 rings (SSSR count). The molecule has 1 aliphatic rings. The number of imidazole rings is 1. The normalized spacial score (nSPS) is 18.1. The van der Waals surface area contributed by atoms with Crippen LogP contribution in [0, 0.1) is 6.92 Å². The maximum atomic E-state index is 13.1. The van der Waals surface area contributed by atoms with Crippen molar-refractivity contribution in [3.63, 3.8) is 0 Å². The quantitative estimate of drug-likeness (QED) is 0.303. The minimum absolute atomic E-state index is 0.0204. The number of hydrogen-bond donors (Lipinski definition) is 2. The van der Waals surface area contributed by atoms with Gasteiger partial charge < -0.3 is 10.1 Å². The van der Waals surface area contributed by atoms with Crippen LogP contribution in [0.1, 0.15) is 22.9 Å². The van der Waals surface area contributed by atoms with E-state index < -0.39 is 17.7 Å². The first-order chi connectivity index (χ1) is 15.0. The number of aliphatic hydroxyl groups excluding tert-OH is 1. The predicted molar refractivity (Wildman–Crippen MR) is 116 cm³/mol. The Morgan fingerprint density at radius 1 is 1.00 bits per heavy atom. The zero-order valence-corrected chi connectivity index (χ0v) is 16.6. The van der Waals surface area contributed by atoms with Gasteiger partial charge in [-0.15, -0.1) is 0 Å². The number of benzene rings is 2. The van der Waals surface area contributed by atoms with Crippen molar-refractivity contribution >= 4 is 34.4 Å². The van der Waals surface area contributed by atoms with E-state index in [2.05, 4.69) is 15.0 Å². The maximum Gasteiger partial charge on any atom is 0.302 e. The fraction of sp³-hybridized carbons (Fsp3) is 0.0833. The summed E-state index contributed by atoms with van der Waals surface area (Å²) in [5.74, 6) is -1.58. The van der Waals surface area contributed by atoms with Crippen LogP contribution in [0.25, 0.3) is 16.8 Å². The monoisotopic (exact) mass is 410 g/mol. The van der Waals surface area contributed by atoms with Gasteiger partial charge in [-0.25, -0.2) is 4.98 Å². The maximum absolute atomic E-state index is 13.1. The molecule has 2 aromatic carbocycles. The second-order valence-corrected chi connectivity index (χ2v) is 7.37. The Bertz CT molecular complexity index is 1310. The van der Waals surface area contributed by atoms with E-state index in [-0.39, 0.29) is 17.3 Å². The molecular formula is C24H18N4O3. The lowest BCUT2D eigenvalue weighted by Gasteiger charge is -2.22. The van der Waals surface area contributed by atoms with E-state index in [4.69, 9.17) is 0 Å². The van der Waals surface area contributed by atoms with Crippen molar-refractivity contribution in [1.29, 1.82) is 0 Å². The number of rotatable bonds is 3. The fourth-order valence-corrected chi connectivity index (χ4v) is 3.79. The Morgan fingerprint density at radius 2 is 1.74 bits per heavy atom. The van der Waals surface area contributed by atoms with Gasteiger partial charge in [-0.1, -0.05) is 48.0 Å². The predicted octanol–water partition coefficient (Wildman–Crippen LogP) is 3.89. The first-order valence-electron chi connectivity index (χ1n) is 9.78. The van der Waals surface area contributed by atoms with Crippen molar-refractivity contribution in [3.05, 3.63) is 95.3 Å². The molecule has 1 saturated heterocycles. The van der Waals surface area contributed by atoms with Crippen LogP contribution >= 0.6 is 0 Å². The number of aryl methyl sites for hydroxylation is 1. The molecule has 0 spiro atoms. The molecule has 7 nitrogen and oxygen atoms in total. The first kappa shape index (κ1) is 18.7. The van der Waals surface area contributed by atoms with Gasteiger partial charge in [-0.2, -0.15) is 0 Å². The molecule has 4 aromatic rings. The number of H-pyrrole nitrogens is 1.